The van der Waals surface area contributed by atoms with Crippen LogP contribution in [0.2, 0.25) is 0 Å². The largest absolute Gasteiger partial charge is 0.508 e. The van der Waals surface area contributed by atoms with Crippen LogP contribution in [0, 0.1) is 6.92 Å². The minimum atomic E-state index is -0.937. The average Bonchev–Trinajstić information content (AvgIpc) is 3.17. The number of carbonyl (C=O) groups is 1. The van der Waals surface area contributed by atoms with E-state index in [1.165, 1.54) is 6.08 Å². The average molecular weight is 437 g/mol. The van der Waals surface area contributed by atoms with E-state index in [0.717, 1.165) is 36.4 Å². The molecule has 170 valence electrons. The first-order chi connectivity index (χ1) is 15.3. The third-order valence-corrected chi connectivity index (χ3v) is 7.18. The van der Waals surface area contributed by atoms with Crippen molar-refractivity contribution in [1.29, 1.82) is 0 Å². The van der Waals surface area contributed by atoms with Crippen LogP contribution in [0.3, 0.4) is 0 Å². The molecule has 1 saturated heterocycles. The minimum absolute atomic E-state index is 0.0637. The second-order valence-corrected chi connectivity index (χ2v) is 9.15. The molecule has 2 heterocycles. The van der Waals surface area contributed by atoms with Crippen molar-refractivity contribution in [3.8, 4) is 5.75 Å². The number of phenolic OH excluding ortho intramolecular Hbond substituents is 1. The van der Waals surface area contributed by atoms with E-state index in [1.807, 2.05) is 31.2 Å². The van der Waals surface area contributed by atoms with Crippen molar-refractivity contribution in [2.75, 3.05) is 19.6 Å². The van der Waals surface area contributed by atoms with Gasteiger partial charge in [-0.25, -0.2) is 0 Å². The van der Waals surface area contributed by atoms with Crippen molar-refractivity contribution in [2.45, 2.75) is 49.7 Å². The van der Waals surface area contributed by atoms with Gasteiger partial charge in [0.25, 0.3) is 0 Å². The Morgan fingerprint density at radius 3 is 2.94 bits per heavy atom. The van der Waals surface area contributed by atoms with Crippen LogP contribution in [0.4, 0.5) is 0 Å². The summed E-state index contributed by atoms with van der Waals surface area (Å²) >= 11 is 0. The van der Waals surface area contributed by atoms with Gasteiger partial charge < -0.3 is 19.9 Å². The van der Waals surface area contributed by atoms with Gasteiger partial charge in [-0.15, -0.1) is 6.58 Å². The van der Waals surface area contributed by atoms with Gasteiger partial charge in [0.2, 0.25) is 5.91 Å². The first kappa shape index (κ1) is 22.4. The molecule has 1 amide bonds. The molecule has 6 heteroatoms. The summed E-state index contributed by atoms with van der Waals surface area (Å²) in [5, 5.41) is 25.2. The lowest BCUT2D eigenvalue weighted by Gasteiger charge is -2.58. The Kier molecular flexibility index (Phi) is 6.26. The number of hydrogen-bond acceptors (Lipinski definition) is 5. The molecule has 32 heavy (non-hydrogen) atoms. The number of piperidine rings is 1. The lowest BCUT2D eigenvalue weighted by molar-refractivity contribution is -0.130. The summed E-state index contributed by atoms with van der Waals surface area (Å²) in [6, 6.07) is 8.99. The van der Waals surface area contributed by atoms with Gasteiger partial charge in [-0.1, -0.05) is 18.2 Å². The van der Waals surface area contributed by atoms with Crippen LogP contribution in [0.5, 0.6) is 5.75 Å². The molecule has 0 radical (unpaired) electrons. The molecule has 1 aliphatic carbocycles. The second-order valence-electron chi connectivity index (χ2n) is 9.15. The van der Waals surface area contributed by atoms with Crippen LogP contribution in [0.25, 0.3) is 6.08 Å². The van der Waals surface area contributed by atoms with Crippen molar-refractivity contribution in [3.05, 3.63) is 72.2 Å². The van der Waals surface area contributed by atoms with Crippen LogP contribution in [0.1, 0.15) is 42.6 Å². The predicted octanol–water partition coefficient (Wildman–Crippen LogP) is 3.54. The highest BCUT2D eigenvalue weighted by Crippen LogP contribution is 2.52. The molecule has 1 aromatic carbocycles. The molecule has 2 aromatic rings. The van der Waals surface area contributed by atoms with Gasteiger partial charge in [0, 0.05) is 36.2 Å². The Balaban J connectivity index is 1.56. The molecule has 1 saturated carbocycles. The Morgan fingerprint density at radius 1 is 1.38 bits per heavy atom. The molecule has 3 atom stereocenters. The van der Waals surface area contributed by atoms with Gasteiger partial charge in [-0.3, -0.25) is 9.69 Å². The van der Waals surface area contributed by atoms with E-state index in [0.29, 0.717) is 25.8 Å². The highest BCUT2D eigenvalue weighted by molar-refractivity contribution is 5.92. The van der Waals surface area contributed by atoms with E-state index in [2.05, 4.69) is 16.8 Å². The van der Waals surface area contributed by atoms with Crippen LogP contribution in [0.15, 0.2) is 59.7 Å². The Morgan fingerprint density at radius 2 is 2.22 bits per heavy atom. The van der Waals surface area contributed by atoms with Gasteiger partial charge in [0.05, 0.1) is 11.9 Å². The number of fused-ring (bicyclic) bond motifs is 1. The molecule has 2 fully saturated rings. The first-order valence-electron chi connectivity index (χ1n) is 11.2. The molecule has 3 N–H and O–H groups in total. The number of furan rings is 1. The van der Waals surface area contributed by atoms with Crippen molar-refractivity contribution < 1.29 is 19.4 Å². The molecular weight excluding hydrogens is 404 g/mol. The smallest absolute Gasteiger partial charge is 0.244 e. The van der Waals surface area contributed by atoms with Crippen molar-refractivity contribution >= 4 is 12.0 Å². The molecule has 0 spiro atoms. The zero-order valence-electron chi connectivity index (χ0n) is 18.6. The monoisotopic (exact) mass is 436 g/mol. The summed E-state index contributed by atoms with van der Waals surface area (Å²) in [5.74, 6) is 0.805. The van der Waals surface area contributed by atoms with E-state index in [1.54, 1.807) is 24.5 Å². The van der Waals surface area contributed by atoms with Gasteiger partial charge in [-0.05, 0) is 69.0 Å². The quantitative estimate of drug-likeness (QED) is 0.476. The zero-order valence-corrected chi connectivity index (χ0v) is 18.6. The Labute approximate surface area is 189 Å². The lowest BCUT2D eigenvalue weighted by Crippen LogP contribution is -2.67. The Bertz CT molecular complexity index is 1010. The number of aryl methyl sites for hydroxylation is 1. The maximum Gasteiger partial charge on any atom is 0.244 e. The lowest BCUT2D eigenvalue weighted by atomic mass is 9.55. The summed E-state index contributed by atoms with van der Waals surface area (Å²) in [6.07, 6.45) is 9.40. The number of β-amino-alcohol motifs (C(OH)–C–C–N with tert-alkyl or cyclic N) is 1. The summed E-state index contributed by atoms with van der Waals surface area (Å²) in [7, 11) is 0. The maximum absolute atomic E-state index is 12.6. The number of rotatable bonds is 6. The topological polar surface area (TPSA) is 85.9 Å². The number of amides is 1. The van der Waals surface area contributed by atoms with Crippen molar-refractivity contribution in [3.63, 3.8) is 0 Å². The number of aromatic hydroxyl groups is 1. The number of benzene rings is 1. The highest BCUT2D eigenvalue weighted by atomic mass is 16.3. The third-order valence-electron chi connectivity index (χ3n) is 7.18. The van der Waals surface area contributed by atoms with Crippen LogP contribution in [-0.2, 0) is 10.2 Å². The SMILES string of the molecule is C=CCN1CC[C@@]2(c3cccc(O)c3)C[C@@H](NC(=O)/C=C/c3ccoc3C)CC[C@]2(O)C1. The third kappa shape index (κ3) is 4.25. The summed E-state index contributed by atoms with van der Waals surface area (Å²) in [4.78, 5) is 14.9. The normalized spacial score (nSPS) is 28.4. The summed E-state index contributed by atoms with van der Waals surface area (Å²) in [6.45, 7) is 7.80. The van der Waals surface area contributed by atoms with E-state index < -0.39 is 11.0 Å². The zero-order chi connectivity index (χ0) is 22.8. The van der Waals surface area contributed by atoms with Crippen LogP contribution < -0.4 is 5.32 Å². The fourth-order valence-corrected chi connectivity index (χ4v) is 5.51. The molecule has 1 aliphatic heterocycles. The van der Waals surface area contributed by atoms with Crippen molar-refractivity contribution in [2.24, 2.45) is 0 Å². The highest BCUT2D eigenvalue weighted by Gasteiger charge is 2.57. The second kappa shape index (κ2) is 8.96. The molecule has 2 aliphatic rings. The van der Waals surface area contributed by atoms with Gasteiger partial charge in [-0.2, -0.15) is 0 Å². The van der Waals surface area contributed by atoms with Crippen LogP contribution in [-0.4, -0.2) is 52.3 Å². The van der Waals surface area contributed by atoms with E-state index in [9.17, 15) is 15.0 Å². The molecule has 0 unspecified atom stereocenters. The molecular formula is C26H32N2O4. The maximum atomic E-state index is 12.6. The number of likely N-dealkylation sites (tertiary alicyclic amines) is 1. The number of hydrogen-bond donors (Lipinski definition) is 3. The molecule has 6 nitrogen and oxygen atoms in total. The number of nitrogens with zero attached hydrogens (tertiary/aromatic N) is 1. The van der Waals surface area contributed by atoms with E-state index in [4.69, 9.17) is 4.42 Å². The standard InChI is InChI=1S/C26H32N2O4/c1-3-13-28-14-12-25(21-5-4-6-23(29)16-21)17-22(9-11-26(25,31)18-28)27-24(30)8-7-20-10-15-32-19(20)2/h3-8,10,15-16,22,29,31H,1,9,11-14,17-18H2,2H3,(H,27,30)/b8-7+/t22-,25-,26-/m0/s1. The Hall–Kier alpha value is -2.83. The van der Waals surface area contributed by atoms with Gasteiger partial charge in [0.15, 0.2) is 0 Å². The van der Waals surface area contributed by atoms with Crippen molar-refractivity contribution in [1.82, 2.24) is 10.2 Å². The number of phenols is 1. The van der Waals surface area contributed by atoms with Crippen LogP contribution >= 0.6 is 0 Å². The summed E-state index contributed by atoms with van der Waals surface area (Å²) in [5.41, 5.74) is 0.336. The van der Waals surface area contributed by atoms with E-state index >= 15 is 0 Å². The van der Waals surface area contributed by atoms with E-state index in [-0.39, 0.29) is 17.7 Å². The predicted molar refractivity (Wildman–Crippen MR) is 124 cm³/mol. The number of aliphatic hydroxyl groups is 1. The molecule has 4 rings (SSSR count). The number of nitrogens with one attached hydrogen (secondary N) is 1. The first-order valence-corrected chi connectivity index (χ1v) is 11.2. The van der Waals surface area contributed by atoms with Gasteiger partial charge in [0.1, 0.15) is 11.5 Å². The molecule has 0 bridgehead atoms. The molecule has 1 aromatic heterocycles. The minimum Gasteiger partial charge on any atom is -0.508 e. The summed E-state index contributed by atoms with van der Waals surface area (Å²) < 4.78 is 5.27. The number of carbonyl (C=O) groups excluding carboxylic acids is 1. The fourth-order valence-electron chi connectivity index (χ4n) is 5.51. The van der Waals surface area contributed by atoms with Gasteiger partial charge >= 0.3 is 0 Å². The fraction of sp³-hybridized carbons (Fsp3) is 0.423.